The van der Waals surface area contributed by atoms with E-state index in [9.17, 15) is 8.42 Å². The van der Waals surface area contributed by atoms with E-state index < -0.39 is 10.0 Å². The predicted molar refractivity (Wildman–Crippen MR) is 84.6 cm³/mol. The Bertz CT molecular complexity index is 718. The summed E-state index contributed by atoms with van der Waals surface area (Å²) < 4.78 is 27.6. The van der Waals surface area contributed by atoms with Crippen molar-refractivity contribution >= 4 is 49.2 Å². The summed E-state index contributed by atoms with van der Waals surface area (Å²) in [5.41, 5.74) is 0.811. The van der Waals surface area contributed by atoms with Crippen LogP contribution < -0.4 is 4.72 Å². The smallest absolute Gasteiger partial charge is 0.207 e. The molecule has 0 spiro atoms. The summed E-state index contributed by atoms with van der Waals surface area (Å²) >= 11 is 15.0. The van der Waals surface area contributed by atoms with Gasteiger partial charge in [0.15, 0.2) is 0 Å². The average Bonchev–Trinajstić information content (AvgIpc) is 2.37. The molecule has 1 N–H and O–H groups in total. The number of hydrogen-bond acceptors (Lipinski definition) is 2. The second kappa shape index (κ2) is 6.45. The van der Waals surface area contributed by atoms with Gasteiger partial charge in [-0.1, -0.05) is 51.3 Å². The van der Waals surface area contributed by atoms with Crippen LogP contribution in [0.5, 0.6) is 0 Å². The highest BCUT2D eigenvalue weighted by Crippen LogP contribution is 2.25. The third-order valence-corrected chi connectivity index (χ3v) is 5.19. The highest BCUT2D eigenvalue weighted by Gasteiger charge is 2.17. The van der Waals surface area contributed by atoms with E-state index in [1.807, 2.05) is 0 Å². The summed E-state index contributed by atoms with van der Waals surface area (Å²) in [6.07, 6.45) is 0. The van der Waals surface area contributed by atoms with E-state index in [-0.39, 0.29) is 16.5 Å². The van der Waals surface area contributed by atoms with E-state index >= 15 is 0 Å². The molecule has 0 atom stereocenters. The van der Waals surface area contributed by atoms with Gasteiger partial charge in [-0.2, -0.15) is 0 Å². The molecule has 2 rings (SSSR count). The molecule has 20 heavy (non-hydrogen) atoms. The van der Waals surface area contributed by atoms with Crippen LogP contribution in [0.2, 0.25) is 10.0 Å². The summed E-state index contributed by atoms with van der Waals surface area (Å²) in [5.74, 6) is 0. The molecule has 0 bridgehead atoms. The van der Waals surface area contributed by atoms with Crippen LogP contribution in [0.15, 0.2) is 51.8 Å². The SMILES string of the molecule is O=S(=O)(NCc1ccc(Cl)cc1)c1ccc(Br)cc1Cl. The van der Waals surface area contributed by atoms with Gasteiger partial charge in [-0.3, -0.25) is 0 Å². The quantitative estimate of drug-likeness (QED) is 0.843. The molecule has 0 saturated carbocycles. The lowest BCUT2D eigenvalue weighted by atomic mass is 10.2. The van der Waals surface area contributed by atoms with E-state index in [1.165, 1.54) is 6.07 Å². The largest absolute Gasteiger partial charge is 0.242 e. The van der Waals surface area contributed by atoms with Crippen LogP contribution in [-0.4, -0.2) is 8.42 Å². The first-order chi connectivity index (χ1) is 9.38. The molecule has 0 saturated heterocycles. The van der Waals surface area contributed by atoms with Crippen molar-refractivity contribution in [3.63, 3.8) is 0 Å². The summed E-state index contributed by atoms with van der Waals surface area (Å²) in [6.45, 7) is 0.173. The Kier molecular flexibility index (Phi) is 5.09. The van der Waals surface area contributed by atoms with Gasteiger partial charge < -0.3 is 0 Å². The zero-order valence-corrected chi connectivity index (χ0v) is 14.0. The Balaban J connectivity index is 2.17. The van der Waals surface area contributed by atoms with Crippen molar-refractivity contribution in [1.29, 1.82) is 0 Å². The number of benzene rings is 2. The number of sulfonamides is 1. The van der Waals surface area contributed by atoms with Crippen LogP contribution in [-0.2, 0) is 16.6 Å². The predicted octanol–water partition coefficient (Wildman–Crippen LogP) is 4.23. The Morgan fingerprint density at radius 2 is 1.70 bits per heavy atom. The maximum Gasteiger partial charge on any atom is 0.242 e. The molecule has 0 unspecified atom stereocenters. The van der Waals surface area contributed by atoms with Gasteiger partial charge in [0.2, 0.25) is 10.0 Å². The minimum absolute atomic E-state index is 0.0522. The third-order valence-electron chi connectivity index (χ3n) is 2.56. The molecule has 0 aromatic heterocycles. The van der Waals surface area contributed by atoms with Gasteiger partial charge in [-0.25, -0.2) is 13.1 Å². The lowest BCUT2D eigenvalue weighted by molar-refractivity contribution is 0.581. The summed E-state index contributed by atoms with van der Waals surface area (Å²) in [7, 11) is -3.65. The van der Waals surface area contributed by atoms with Crippen LogP contribution in [0.1, 0.15) is 5.56 Å². The summed E-state index contributed by atoms with van der Waals surface area (Å²) in [5, 5.41) is 0.774. The normalized spacial score (nSPS) is 11.6. The van der Waals surface area contributed by atoms with Crippen molar-refractivity contribution in [2.75, 3.05) is 0 Å². The molecular formula is C13H10BrCl2NO2S. The Morgan fingerprint density at radius 3 is 2.30 bits per heavy atom. The zero-order chi connectivity index (χ0) is 14.8. The summed E-state index contributed by atoms with van der Waals surface area (Å²) in [4.78, 5) is 0.0522. The molecule has 0 radical (unpaired) electrons. The number of rotatable bonds is 4. The van der Waals surface area contributed by atoms with Crippen LogP contribution in [0, 0.1) is 0 Å². The van der Waals surface area contributed by atoms with Crippen LogP contribution in [0.3, 0.4) is 0 Å². The van der Waals surface area contributed by atoms with Gasteiger partial charge in [0, 0.05) is 16.0 Å². The number of halogens is 3. The van der Waals surface area contributed by atoms with Crippen LogP contribution >= 0.6 is 39.1 Å². The average molecular weight is 395 g/mol. The van der Waals surface area contributed by atoms with E-state index in [1.54, 1.807) is 36.4 Å². The van der Waals surface area contributed by atoms with Crippen molar-refractivity contribution in [1.82, 2.24) is 4.72 Å². The van der Waals surface area contributed by atoms with Crippen LogP contribution in [0.25, 0.3) is 0 Å². The molecule has 0 aliphatic rings. The third kappa shape index (κ3) is 3.96. The molecule has 0 aliphatic heterocycles. The highest BCUT2D eigenvalue weighted by atomic mass is 79.9. The molecule has 2 aromatic rings. The lowest BCUT2D eigenvalue weighted by Crippen LogP contribution is -2.23. The van der Waals surface area contributed by atoms with E-state index in [2.05, 4.69) is 20.7 Å². The van der Waals surface area contributed by atoms with Gasteiger partial charge >= 0.3 is 0 Å². The second-order valence-electron chi connectivity index (χ2n) is 4.03. The fourth-order valence-corrected chi connectivity index (χ4v) is 3.73. The van der Waals surface area contributed by atoms with Crippen molar-refractivity contribution in [3.05, 3.63) is 62.5 Å². The number of hydrogen-bond donors (Lipinski definition) is 1. The Morgan fingerprint density at radius 1 is 1.05 bits per heavy atom. The monoisotopic (exact) mass is 393 g/mol. The fraction of sp³-hybridized carbons (Fsp3) is 0.0769. The van der Waals surface area contributed by atoms with Crippen molar-refractivity contribution in [3.8, 4) is 0 Å². The fourth-order valence-electron chi connectivity index (χ4n) is 1.55. The van der Waals surface area contributed by atoms with Crippen molar-refractivity contribution in [2.45, 2.75) is 11.4 Å². The van der Waals surface area contributed by atoms with E-state index in [0.717, 1.165) is 10.0 Å². The van der Waals surface area contributed by atoms with E-state index in [4.69, 9.17) is 23.2 Å². The molecule has 0 heterocycles. The molecule has 2 aromatic carbocycles. The molecule has 106 valence electrons. The van der Waals surface area contributed by atoms with Gasteiger partial charge in [0.05, 0.1) is 5.02 Å². The van der Waals surface area contributed by atoms with Gasteiger partial charge in [-0.15, -0.1) is 0 Å². The standard InChI is InChI=1S/C13H10BrCl2NO2S/c14-10-3-6-13(12(16)7-10)20(18,19)17-8-9-1-4-11(15)5-2-9/h1-7,17H,8H2. The second-order valence-corrected chi connectivity index (χ2v) is 7.52. The van der Waals surface area contributed by atoms with Gasteiger partial charge in [0.25, 0.3) is 0 Å². The zero-order valence-electron chi connectivity index (χ0n) is 10.1. The summed E-state index contributed by atoms with van der Waals surface area (Å²) in [6, 6.07) is 11.6. The Hall–Kier alpha value is -0.590. The molecule has 0 amide bonds. The highest BCUT2D eigenvalue weighted by molar-refractivity contribution is 9.10. The first kappa shape index (κ1) is 15.8. The first-order valence-electron chi connectivity index (χ1n) is 5.58. The topological polar surface area (TPSA) is 46.2 Å². The maximum absolute atomic E-state index is 12.2. The van der Waals surface area contributed by atoms with Gasteiger partial charge in [-0.05, 0) is 35.9 Å². The molecule has 0 fully saturated rings. The minimum Gasteiger partial charge on any atom is -0.207 e. The Labute approximate surface area is 136 Å². The molecule has 7 heteroatoms. The number of nitrogens with one attached hydrogen (secondary N) is 1. The van der Waals surface area contributed by atoms with Crippen LogP contribution in [0.4, 0.5) is 0 Å². The molecule has 0 aliphatic carbocycles. The lowest BCUT2D eigenvalue weighted by Gasteiger charge is -2.09. The van der Waals surface area contributed by atoms with E-state index in [0.29, 0.717) is 5.02 Å². The minimum atomic E-state index is -3.65. The molecule has 3 nitrogen and oxygen atoms in total. The van der Waals surface area contributed by atoms with Crippen molar-refractivity contribution < 1.29 is 8.42 Å². The molecular weight excluding hydrogens is 385 g/mol. The maximum atomic E-state index is 12.2. The van der Waals surface area contributed by atoms with Gasteiger partial charge in [0.1, 0.15) is 4.90 Å². The first-order valence-corrected chi connectivity index (χ1v) is 8.61. The van der Waals surface area contributed by atoms with Crippen molar-refractivity contribution in [2.24, 2.45) is 0 Å².